The largest absolute Gasteiger partial charge is 0.310 e. The summed E-state index contributed by atoms with van der Waals surface area (Å²) in [6.45, 7) is 0. The molecule has 1 heterocycles. The highest BCUT2D eigenvalue weighted by Gasteiger charge is 2.19. The second kappa shape index (κ2) is 15.8. The van der Waals surface area contributed by atoms with Crippen molar-refractivity contribution in [2.45, 2.75) is 0 Å². The highest BCUT2D eigenvalue weighted by molar-refractivity contribution is 6.22. The Kier molecular flexibility index (Phi) is 9.20. The van der Waals surface area contributed by atoms with Crippen LogP contribution in [0.1, 0.15) is 0 Å². The highest BCUT2D eigenvalue weighted by atomic mass is 15.1. The maximum absolute atomic E-state index is 2.40. The Bertz CT molecular complexity index is 3570. The lowest BCUT2D eigenvalue weighted by atomic mass is 9.85. The Morgan fingerprint density at radius 1 is 0.234 bits per heavy atom. The van der Waals surface area contributed by atoms with Gasteiger partial charge in [-0.05, 0) is 133 Å². The molecule has 12 rings (SSSR count). The lowest BCUT2D eigenvalue weighted by Crippen LogP contribution is -2.10. The molecule has 0 saturated carbocycles. The van der Waals surface area contributed by atoms with Gasteiger partial charge in [0.15, 0.2) is 0 Å². The number of benzene rings is 11. The van der Waals surface area contributed by atoms with Gasteiger partial charge in [0, 0.05) is 33.5 Å². The first-order chi connectivity index (χ1) is 31.8. The van der Waals surface area contributed by atoms with Gasteiger partial charge in [-0.2, -0.15) is 0 Å². The molecule has 0 amide bonds. The summed E-state index contributed by atoms with van der Waals surface area (Å²) in [5.74, 6) is 0. The van der Waals surface area contributed by atoms with Crippen LogP contribution in [0.4, 0.5) is 17.1 Å². The molecule has 1 aromatic heterocycles. The minimum Gasteiger partial charge on any atom is -0.310 e. The van der Waals surface area contributed by atoms with E-state index < -0.39 is 0 Å². The second-order valence-corrected chi connectivity index (χ2v) is 16.5. The summed E-state index contributed by atoms with van der Waals surface area (Å²) >= 11 is 0. The molecule has 0 aliphatic carbocycles. The highest BCUT2D eigenvalue weighted by Crippen LogP contribution is 2.45. The zero-order chi connectivity index (χ0) is 42.4. The summed E-state index contributed by atoms with van der Waals surface area (Å²) in [6.07, 6.45) is 0. The average Bonchev–Trinajstić information content (AvgIpc) is 3.71. The molecular formula is C62H42N2. The van der Waals surface area contributed by atoms with Gasteiger partial charge in [0.25, 0.3) is 0 Å². The van der Waals surface area contributed by atoms with E-state index in [1.54, 1.807) is 0 Å². The zero-order valence-electron chi connectivity index (χ0n) is 35.1. The Balaban J connectivity index is 0.990. The number of aromatic nitrogens is 1. The third kappa shape index (κ3) is 6.44. The number of hydrogen-bond acceptors (Lipinski definition) is 1. The molecule has 0 aliphatic heterocycles. The van der Waals surface area contributed by atoms with Crippen LogP contribution in [0.3, 0.4) is 0 Å². The number of fused-ring (bicyclic) bond motifs is 5. The van der Waals surface area contributed by atoms with Gasteiger partial charge in [-0.25, -0.2) is 0 Å². The summed E-state index contributed by atoms with van der Waals surface area (Å²) in [4.78, 5) is 2.37. The van der Waals surface area contributed by atoms with Crippen molar-refractivity contribution < 1.29 is 0 Å². The average molecular weight is 815 g/mol. The standard InChI is InChI=1S/C62H42N2/c1-4-17-43(18-5-1)47-23-16-24-52(41-47)63(50-36-38-51(39-37-50)64-59-29-14-12-25-53(59)54-26-13-15-30-60(54)64)49-34-31-44(32-35-49)48-33-40-57-58(42-48)62(46-21-8-3-9-22-46)56-28-11-10-27-55(56)61(57)45-19-6-2-7-20-45/h1-42H. The van der Waals surface area contributed by atoms with Crippen molar-refractivity contribution in [1.82, 2.24) is 4.57 Å². The first-order valence-corrected chi connectivity index (χ1v) is 22.0. The number of hydrogen-bond donors (Lipinski definition) is 0. The van der Waals surface area contributed by atoms with Gasteiger partial charge < -0.3 is 9.47 Å². The molecule has 0 N–H and O–H groups in total. The summed E-state index contributed by atoms with van der Waals surface area (Å²) in [5, 5.41) is 7.52. The fourth-order valence-corrected chi connectivity index (χ4v) is 9.85. The molecule has 300 valence electrons. The van der Waals surface area contributed by atoms with Gasteiger partial charge in [0.2, 0.25) is 0 Å². The molecule has 0 unspecified atom stereocenters. The fourth-order valence-electron chi connectivity index (χ4n) is 9.85. The van der Waals surface area contributed by atoms with Crippen molar-refractivity contribution in [1.29, 1.82) is 0 Å². The number of anilines is 3. The Morgan fingerprint density at radius 2 is 0.641 bits per heavy atom. The third-order valence-corrected chi connectivity index (χ3v) is 12.8. The van der Waals surface area contributed by atoms with Crippen LogP contribution < -0.4 is 4.90 Å². The predicted molar refractivity (Wildman–Crippen MR) is 272 cm³/mol. The van der Waals surface area contributed by atoms with Crippen molar-refractivity contribution in [3.05, 3.63) is 255 Å². The van der Waals surface area contributed by atoms with Gasteiger partial charge in [-0.15, -0.1) is 0 Å². The van der Waals surface area contributed by atoms with Gasteiger partial charge in [0.1, 0.15) is 0 Å². The Hall–Kier alpha value is -8.46. The maximum atomic E-state index is 2.40. The summed E-state index contributed by atoms with van der Waals surface area (Å²) < 4.78 is 2.38. The van der Waals surface area contributed by atoms with Crippen LogP contribution in [0.25, 0.3) is 93.5 Å². The van der Waals surface area contributed by atoms with Crippen LogP contribution in [0.5, 0.6) is 0 Å². The van der Waals surface area contributed by atoms with Crippen molar-refractivity contribution in [2.24, 2.45) is 0 Å². The molecule has 2 nitrogen and oxygen atoms in total. The second-order valence-electron chi connectivity index (χ2n) is 16.5. The molecule has 11 aromatic carbocycles. The number of rotatable bonds is 8. The minimum atomic E-state index is 1.08. The third-order valence-electron chi connectivity index (χ3n) is 12.8. The van der Waals surface area contributed by atoms with Crippen LogP contribution in [-0.4, -0.2) is 4.57 Å². The SMILES string of the molecule is c1ccc(-c2cccc(N(c3ccc(-c4ccc5c(-c6ccccc6)c6ccccc6c(-c6ccccc6)c5c4)cc3)c3ccc(-n4c5ccccc5c5ccccc54)cc3)c2)cc1. The topological polar surface area (TPSA) is 8.17 Å². The summed E-state index contributed by atoms with van der Waals surface area (Å²) in [5.41, 5.74) is 16.5. The van der Waals surface area contributed by atoms with E-state index in [1.807, 2.05) is 0 Å². The molecule has 0 radical (unpaired) electrons. The lowest BCUT2D eigenvalue weighted by Gasteiger charge is -2.26. The Morgan fingerprint density at radius 3 is 1.22 bits per heavy atom. The molecule has 0 atom stereocenters. The van der Waals surface area contributed by atoms with E-state index in [2.05, 4.69) is 264 Å². The molecule has 0 saturated heterocycles. The van der Waals surface area contributed by atoms with Gasteiger partial charge >= 0.3 is 0 Å². The fraction of sp³-hybridized carbons (Fsp3) is 0. The number of para-hydroxylation sites is 2. The monoisotopic (exact) mass is 814 g/mol. The zero-order valence-corrected chi connectivity index (χ0v) is 35.1. The van der Waals surface area contributed by atoms with Crippen LogP contribution in [0, 0.1) is 0 Å². The Labute approximate surface area is 373 Å². The van der Waals surface area contributed by atoms with Crippen LogP contribution >= 0.6 is 0 Å². The van der Waals surface area contributed by atoms with E-state index in [0.29, 0.717) is 0 Å². The van der Waals surface area contributed by atoms with Crippen LogP contribution in [0.15, 0.2) is 255 Å². The first-order valence-electron chi connectivity index (χ1n) is 22.0. The summed E-state index contributed by atoms with van der Waals surface area (Å²) in [6, 6.07) is 92.6. The molecule has 0 aliphatic rings. The van der Waals surface area contributed by atoms with Crippen molar-refractivity contribution >= 4 is 60.4 Å². The quantitative estimate of drug-likeness (QED) is 0.139. The normalized spacial score (nSPS) is 11.4. The van der Waals surface area contributed by atoms with Crippen molar-refractivity contribution in [2.75, 3.05) is 4.90 Å². The van der Waals surface area contributed by atoms with Gasteiger partial charge in [0.05, 0.1) is 11.0 Å². The van der Waals surface area contributed by atoms with Crippen molar-refractivity contribution in [3.8, 4) is 50.2 Å². The molecule has 0 fully saturated rings. The van der Waals surface area contributed by atoms with E-state index in [1.165, 1.54) is 87.9 Å². The van der Waals surface area contributed by atoms with Gasteiger partial charge in [-0.1, -0.05) is 188 Å². The molecule has 12 aromatic rings. The van der Waals surface area contributed by atoms with Crippen molar-refractivity contribution in [3.63, 3.8) is 0 Å². The lowest BCUT2D eigenvalue weighted by molar-refractivity contribution is 1.17. The maximum Gasteiger partial charge on any atom is 0.0541 e. The van der Waals surface area contributed by atoms with E-state index in [4.69, 9.17) is 0 Å². The van der Waals surface area contributed by atoms with E-state index in [0.717, 1.165) is 22.7 Å². The molecule has 64 heavy (non-hydrogen) atoms. The van der Waals surface area contributed by atoms with Gasteiger partial charge in [-0.3, -0.25) is 0 Å². The number of nitrogens with zero attached hydrogens (tertiary/aromatic N) is 2. The van der Waals surface area contributed by atoms with Crippen LogP contribution in [0.2, 0.25) is 0 Å². The van der Waals surface area contributed by atoms with E-state index in [-0.39, 0.29) is 0 Å². The van der Waals surface area contributed by atoms with Crippen LogP contribution in [-0.2, 0) is 0 Å². The molecular weight excluding hydrogens is 773 g/mol. The molecule has 2 heteroatoms. The molecule has 0 spiro atoms. The molecule has 0 bridgehead atoms. The smallest absolute Gasteiger partial charge is 0.0541 e. The van der Waals surface area contributed by atoms with E-state index in [9.17, 15) is 0 Å². The summed E-state index contributed by atoms with van der Waals surface area (Å²) in [7, 11) is 0. The van der Waals surface area contributed by atoms with E-state index >= 15 is 0 Å². The predicted octanol–water partition coefficient (Wildman–Crippen LogP) is 17.2. The minimum absolute atomic E-state index is 1.08. The first kappa shape index (κ1) is 37.3.